The lowest BCUT2D eigenvalue weighted by atomic mass is 10.1. The quantitative estimate of drug-likeness (QED) is 0.712. The number of rotatable bonds is 2. The van der Waals surface area contributed by atoms with Crippen molar-refractivity contribution in [2.75, 3.05) is 0 Å². The van der Waals surface area contributed by atoms with Crippen LogP contribution in [0.5, 0.6) is 0 Å². The molecule has 0 saturated heterocycles. The zero-order valence-corrected chi connectivity index (χ0v) is 12.1. The van der Waals surface area contributed by atoms with Crippen molar-refractivity contribution >= 4 is 22.8 Å². The molecule has 1 aromatic carbocycles. The van der Waals surface area contributed by atoms with E-state index in [1.165, 1.54) is 6.26 Å². The molecule has 0 bridgehead atoms. The van der Waals surface area contributed by atoms with Crippen LogP contribution in [0, 0.1) is 13.8 Å². The number of carbonyl (C=O) groups excluding carboxylic acids is 2. The third-order valence-corrected chi connectivity index (χ3v) is 3.41. The Bertz CT molecular complexity index is 860. The predicted octanol–water partition coefficient (Wildman–Crippen LogP) is 2.72. The van der Waals surface area contributed by atoms with Crippen molar-refractivity contribution in [3.63, 3.8) is 0 Å². The summed E-state index contributed by atoms with van der Waals surface area (Å²) in [6.07, 6.45) is 1.41. The first-order valence-electron chi connectivity index (χ1n) is 6.71. The second-order valence-corrected chi connectivity index (χ2v) is 4.89. The normalized spacial score (nSPS) is 10.6. The molecule has 0 unspecified atom stereocenters. The van der Waals surface area contributed by atoms with Gasteiger partial charge in [0.05, 0.1) is 6.26 Å². The van der Waals surface area contributed by atoms with Gasteiger partial charge in [-0.25, -0.2) is 0 Å². The summed E-state index contributed by atoms with van der Waals surface area (Å²) in [5.41, 5.74) is 6.66. The largest absolute Gasteiger partial charge is 0.459 e. The van der Waals surface area contributed by atoms with E-state index in [-0.39, 0.29) is 11.5 Å². The lowest BCUT2D eigenvalue weighted by Crippen LogP contribution is -2.41. The number of hydrogen-bond donors (Lipinski definition) is 2. The van der Waals surface area contributed by atoms with Crippen LogP contribution in [0.3, 0.4) is 0 Å². The van der Waals surface area contributed by atoms with Crippen molar-refractivity contribution in [3.8, 4) is 0 Å². The van der Waals surface area contributed by atoms with Gasteiger partial charge in [-0.15, -0.1) is 0 Å². The molecule has 22 heavy (non-hydrogen) atoms. The molecule has 2 heterocycles. The number of hydrogen-bond acceptors (Lipinski definition) is 4. The first-order chi connectivity index (χ1) is 10.6. The predicted molar refractivity (Wildman–Crippen MR) is 79.3 cm³/mol. The molecule has 0 aliphatic carbocycles. The number of amides is 2. The number of carbonyl (C=O) groups is 2. The minimum absolute atomic E-state index is 0.154. The van der Waals surface area contributed by atoms with E-state index in [0.29, 0.717) is 11.1 Å². The molecule has 3 rings (SSSR count). The van der Waals surface area contributed by atoms with E-state index < -0.39 is 11.8 Å². The molecule has 3 aromatic rings. The molecule has 6 heteroatoms. The number of furan rings is 2. The Labute approximate surface area is 126 Å². The van der Waals surface area contributed by atoms with Gasteiger partial charge < -0.3 is 8.83 Å². The Morgan fingerprint density at radius 3 is 2.27 bits per heavy atom. The summed E-state index contributed by atoms with van der Waals surface area (Å²) in [4.78, 5) is 24.0. The van der Waals surface area contributed by atoms with Crippen LogP contribution in [0.2, 0.25) is 0 Å². The van der Waals surface area contributed by atoms with Crippen LogP contribution in [-0.2, 0) is 0 Å². The number of para-hydroxylation sites is 1. The minimum Gasteiger partial charge on any atom is -0.459 e. The van der Waals surface area contributed by atoms with Crippen molar-refractivity contribution < 1.29 is 18.4 Å². The summed E-state index contributed by atoms with van der Waals surface area (Å²) >= 11 is 0. The molecule has 0 aliphatic heterocycles. The summed E-state index contributed by atoms with van der Waals surface area (Å²) < 4.78 is 10.6. The average molecular weight is 298 g/mol. The Morgan fingerprint density at radius 1 is 0.955 bits per heavy atom. The molecule has 0 saturated carbocycles. The third kappa shape index (κ3) is 2.35. The van der Waals surface area contributed by atoms with Crippen molar-refractivity contribution in [2.24, 2.45) is 0 Å². The number of nitrogens with one attached hydrogen (secondary N) is 2. The smallest absolute Gasteiger partial charge is 0.305 e. The maximum absolute atomic E-state index is 12.1. The first kappa shape index (κ1) is 13.9. The van der Waals surface area contributed by atoms with E-state index in [1.807, 2.05) is 18.2 Å². The van der Waals surface area contributed by atoms with Crippen molar-refractivity contribution in [2.45, 2.75) is 13.8 Å². The SMILES string of the molecule is Cc1ccoc1C(=O)NNC(=O)c1oc2ccccc2c1C. The number of benzene rings is 1. The number of fused-ring (bicyclic) bond motifs is 1. The molecule has 2 aromatic heterocycles. The molecule has 6 nitrogen and oxygen atoms in total. The Morgan fingerprint density at radius 2 is 1.64 bits per heavy atom. The van der Waals surface area contributed by atoms with Gasteiger partial charge >= 0.3 is 11.8 Å². The second kappa shape index (κ2) is 5.40. The highest BCUT2D eigenvalue weighted by atomic mass is 16.4. The fourth-order valence-corrected chi connectivity index (χ4v) is 2.22. The molecular weight excluding hydrogens is 284 g/mol. The Balaban J connectivity index is 1.75. The van der Waals surface area contributed by atoms with Crippen molar-refractivity contribution in [1.82, 2.24) is 10.9 Å². The van der Waals surface area contributed by atoms with Crippen LogP contribution in [-0.4, -0.2) is 11.8 Å². The van der Waals surface area contributed by atoms with E-state index >= 15 is 0 Å². The number of aryl methyl sites for hydroxylation is 2. The van der Waals surface area contributed by atoms with Gasteiger partial charge in [-0.3, -0.25) is 20.4 Å². The van der Waals surface area contributed by atoms with E-state index in [2.05, 4.69) is 10.9 Å². The molecular formula is C16H14N2O4. The van der Waals surface area contributed by atoms with E-state index in [0.717, 1.165) is 10.9 Å². The summed E-state index contributed by atoms with van der Waals surface area (Å²) in [5, 5.41) is 0.862. The van der Waals surface area contributed by atoms with E-state index in [4.69, 9.17) is 8.83 Å². The molecule has 0 aliphatic rings. The fourth-order valence-electron chi connectivity index (χ4n) is 2.22. The van der Waals surface area contributed by atoms with Crippen LogP contribution >= 0.6 is 0 Å². The van der Waals surface area contributed by atoms with Crippen molar-refractivity contribution in [1.29, 1.82) is 0 Å². The Kier molecular flexibility index (Phi) is 3.42. The van der Waals surface area contributed by atoms with Crippen molar-refractivity contribution in [3.05, 3.63) is 59.2 Å². The van der Waals surface area contributed by atoms with Gasteiger partial charge in [0.25, 0.3) is 0 Å². The highest BCUT2D eigenvalue weighted by Gasteiger charge is 2.19. The van der Waals surface area contributed by atoms with Gasteiger partial charge in [-0.2, -0.15) is 0 Å². The lowest BCUT2D eigenvalue weighted by Gasteiger charge is -2.05. The fraction of sp³-hybridized carbons (Fsp3) is 0.125. The monoisotopic (exact) mass is 298 g/mol. The second-order valence-electron chi connectivity index (χ2n) is 4.89. The van der Waals surface area contributed by atoms with Crippen LogP contribution in [0.15, 0.2) is 45.4 Å². The zero-order valence-electron chi connectivity index (χ0n) is 12.1. The molecule has 0 fully saturated rings. The van der Waals surface area contributed by atoms with Crippen LogP contribution in [0.1, 0.15) is 32.2 Å². The van der Waals surface area contributed by atoms with Gasteiger partial charge in [0.2, 0.25) is 0 Å². The highest BCUT2D eigenvalue weighted by molar-refractivity contribution is 6.01. The minimum atomic E-state index is -0.524. The maximum atomic E-state index is 12.1. The number of hydrazine groups is 1. The molecule has 2 N–H and O–H groups in total. The van der Waals surface area contributed by atoms with E-state index in [9.17, 15) is 9.59 Å². The zero-order chi connectivity index (χ0) is 15.7. The summed E-state index contributed by atoms with van der Waals surface area (Å²) in [7, 11) is 0. The lowest BCUT2D eigenvalue weighted by molar-refractivity contribution is 0.0817. The van der Waals surface area contributed by atoms with Gasteiger partial charge in [0.15, 0.2) is 11.5 Å². The molecule has 112 valence electrons. The van der Waals surface area contributed by atoms with Gasteiger partial charge in [-0.1, -0.05) is 18.2 Å². The van der Waals surface area contributed by atoms with Gasteiger partial charge in [-0.05, 0) is 26.0 Å². The van der Waals surface area contributed by atoms with Gasteiger partial charge in [0, 0.05) is 16.5 Å². The van der Waals surface area contributed by atoms with Crippen LogP contribution in [0.25, 0.3) is 11.0 Å². The molecule has 0 radical (unpaired) electrons. The van der Waals surface area contributed by atoms with Crippen LogP contribution < -0.4 is 10.9 Å². The molecule has 0 atom stereocenters. The Hall–Kier alpha value is -3.02. The topological polar surface area (TPSA) is 84.5 Å². The molecule has 0 spiro atoms. The standard InChI is InChI=1S/C16H14N2O4/c1-9-7-8-21-13(9)15(19)17-18-16(20)14-10(2)11-5-3-4-6-12(11)22-14/h3-8H,1-2H3,(H,17,19)(H,18,20). The summed E-state index contributed by atoms with van der Waals surface area (Å²) in [6.45, 7) is 3.53. The highest BCUT2D eigenvalue weighted by Crippen LogP contribution is 2.24. The van der Waals surface area contributed by atoms with E-state index in [1.54, 1.807) is 26.0 Å². The van der Waals surface area contributed by atoms with Gasteiger partial charge in [0.1, 0.15) is 5.58 Å². The molecule has 2 amide bonds. The summed E-state index contributed by atoms with van der Waals surface area (Å²) in [6, 6.07) is 9.02. The first-order valence-corrected chi connectivity index (χ1v) is 6.71. The maximum Gasteiger partial charge on any atom is 0.305 e. The average Bonchev–Trinajstić information content (AvgIpc) is 3.09. The summed E-state index contributed by atoms with van der Waals surface area (Å²) in [5.74, 6) is -0.727. The third-order valence-electron chi connectivity index (χ3n) is 3.41. The van der Waals surface area contributed by atoms with Crippen LogP contribution in [0.4, 0.5) is 0 Å².